The predicted molar refractivity (Wildman–Crippen MR) is 83.7 cm³/mol. The van der Waals surface area contributed by atoms with E-state index in [9.17, 15) is 0 Å². The van der Waals surface area contributed by atoms with Gasteiger partial charge in [0.1, 0.15) is 0 Å². The summed E-state index contributed by atoms with van der Waals surface area (Å²) in [5.41, 5.74) is 3.74. The van der Waals surface area contributed by atoms with Crippen LogP contribution >= 0.6 is 22.6 Å². The van der Waals surface area contributed by atoms with Crippen molar-refractivity contribution in [2.45, 2.75) is 33.4 Å². The van der Waals surface area contributed by atoms with Crippen molar-refractivity contribution >= 4 is 28.3 Å². The zero-order valence-electron chi connectivity index (χ0n) is 10.8. The minimum Gasteiger partial charge on any atom is -0.379 e. The van der Waals surface area contributed by atoms with E-state index >= 15 is 0 Å². The van der Waals surface area contributed by atoms with Gasteiger partial charge in [-0.1, -0.05) is 13.0 Å². The molecule has 0 saturated heterocycles. The molecular formula is C14H18IN3. The molecule has 0 amide bonds. The molecule has 0 aliphatic rings. The number of halogens is 1. The van der Waals surface area contributed by atoms with Crippen molar-refractivity contribution in [2.24, 2.45) is 0 Å². The Hall–Kier alpha value is -1.04. The Morgan fingerprint density at radius 2 is 2.17 bits per heavy atom. The van der Waals surface area contributed by atoms with E-state index in [-0.39, 0.29) is 0 Å². The quantitative estimate of drug-likeness (QED) is 0.827. The Labute approximate surface area is 122 Å². The molecule has 2 aromatic rings. The molecule has 96 valence electrons. The molecule has 0 atom stereocenters. The molecule has 0 radical (unpaired) electrons. The van der Waals surface area contributed by atoms with Crippen LogP contribution in [0.1, 0.15) is 24.6 Å². The lowest BCUT2D eigenvalue weighted by molar-refractivity contribution is 0.578. The van der Waals surface area contributed by atoms with Crippen LogP contribution in [0.2, 0.25) is 0 Å². The molecule has 2 rings (SSSR count). The van der Waals surface area contributed by atoms with Gasteiger partial charge in [0, 0.05) is 22.0 Å². The summed E-state index contributed by atoms with van der Waals surface area (Å²) in [7, 11) is 0. The number of aromatic nitrogens is 2. The van der Waals surface area contributed by atoms with Crippen molar-refractivity contribution in [2.75, 3.05) is 5.32 Å². The van der Waals surface area contributed by atoms with Gasteiger partial charge in [0.25, 0.3) is 0 Å². The molecule has 0 saturated carbocycles. The van der Waals surface area contributed by atoms with Gasteiger partial charge in [-0.05, 0) is 59.7 Å². The van der Waals surface area contributed by atoms with Gasteiger partial charge in [-0.3, -0.25) is 4.68 Å². The first kappa shape index (κ1) is 13.4. The fraction of sp³-hybridized carbons (Fsp3) is 0.357. The van der Waals surface area contributed by atoms with Gasteiger partial charge in [0.05, 0.1) is 12.2 Å². The highest BCUT2D eigenvalue weighted by atomic mass is 127. The molecule has 0 unspecified atom stereocenters. The topological polar surface area (TPSA) is 29.9 Å². The van der Waals surface area contributed by atoms with Gasteiger partial charge >= 0.3 is 0 Å². The summed E-state index contributed by atoms with van der Waals surface area (Å²) < 4.78 is 3.36. The lowest BCUT2D eigenvalue weighted by Crippen LogP contribution is -2.09. The Morgan fingerprint density at radius 1 is 1.33 bits per heavy atom. The van der Waals surface area contributed by atoms with Crippen LogP contribution in [0.15, 0.2) is 30.5 Å². The van der Waals surface area contributed by atoms with E-state index in [4.69, 9.17) is 0 Å². The van der Waals surface area contributed by atoms with Crippen LogP contribution in [0.3, 0.4) is 0 Å². The largest absolute Gasteiger partial charge is 0.379 e. The molecule has 1 aromatic carbocycles. The summed E-state index contributed by atoms with van der Waals surface area (Å²) in [5, 5.41) is 7.82. The third-order valence-electron chi connectivity index (χ3n) is 2.97. The van der Waals surface area contributed by atoms with Crippen LogP contribution < -0.4 is 5.32 Å². The number of hydrogen-bond acceptors (Lipinski definition) is 2. The van der Waals surface area contributed by atoms with Gasteiger partial charge < -0.3 is 5.32 Å². The van der Waals surface area contributed by atoms with Crippen molar-refractivity contribution < 1.29 is 0 Å². The normalized spacial score (nSPS) is 10.6. The van der Waals surface area contributed by atoms with Crippen molar-refractivity contribution in [1.82, 2.24) is 9.78 Å². The standard InChI is InChI=1S/C14H18IN3/c1-3-9-18-12(7-8-17-18)10-16-14-6-4-5-13(15)11(14)2/h4-8,16H,3,9-10H2,1-2H3. The summed E-state index contributed by atoms with van der Waals surface area (Å²) >= 11 is 2.37. The Morgan fingerprint density at radius 3 is 2.94 bits per heavy atom. The molecule has 3 nitrogen and oxygen atoms in total. The molecule has 0 aliphatic heterocycles. The molecule has 0 fully saturated rings. The fourth-order valence-corrected chi connectivity index (χ4v) is 2.41. The second-order valence-electron chi connectivity index (χ2n) is 4.31. The summed E-state index contributed by atoms with van der Waals surface area (Å²) in [6.45, 7) is 6.12. The Balaban J connectivity index is 2.07. The molecular weight excluding hydrogens is 337 g/mol. The SMILES string of the molecule is CCCn1nccc1CNc1cccc(I)c1C. The lowest BCUT2D eigenvalue weighted by Gasteiger charge is -2.12. The third-order valence-corrected chi connectivity index (χ3v) is 4.14. The van der Waals surface area contributed by atoms with E-state index in [0.29, 0.717) is 0 Å². The van der Waals surface area contributed by atoms with Crippen molar-refractivity contribution in [3.05, 3.63) is 45.3 Å². The average molecular weight is 355 g/mol. The van der Waals surface area contributed by atoms with E-state index < -0.39 is 0 Å². The minimum atomic E-state index is 0.820. The molecule has 0 aliphatic carbocycles. The highest BCUT2D eigenvalue weighted by Gasteiger charge is 2.04. The molecule has 1 aromatic heterocycles. The predicted octanol–water partition coefficient (Wildman–Crippen LogP) is 3.82. The van der Waals surface area contributed by atoms with E-state index in [1.807, 2.05) is 6.20 Å². The molecule has 4 heteroatoms. The van der Waals surface area contributed by atoms with Gasteiger partial charge in [0.2, 0.25) is 0 Å². The number of nitrogens with zero attached hydrogens (tertiary/aromatic N) is 2. The van der Waals surface area contributed by atoms with Gasteiger partial charge in [0.15, 0.2) is 0 Å². The third kappa shape index (κ3) is 3.04. The van der Waals surface area contributed by atoms with Crippen LogP contribution in [-0.4, -0.2) is 9.78 Å². The van der Waals surface area contributed by atoms with Gasteiger partial charge in [-0.15, -0.1) is 0 Å². The number of aryl methyl sites for hydroxylation is 1. The van der Waals surface area contributed by atoms with Gasteiger partial charge in [-0.25, -0.2) is 0 Å². The maximum Gasteiger partial charge on any atom is 0.0575 e. The zero-order chi connectivity index (χ0) is 13.0. The Bertz CT molecular complexity index is 520. The second kappa shape index (κ2) is 6.22. The van der Waals surface area contributed by atoms with Gasteiger partial charge in [-0.2, -0.15) is 5.10 Å². The molecule has 0 bridgehead atoms. The summed E-state index contributed by atoms with van der Waals surface area (Å²) in [6.07, 6.45) is 2.98. The maximum atomic E-state index is 4.33. The molecule has 1 N–H and O–H groups in total. The monoisotopic (exact) mass is 355 g/mol. The number of benzene rings is 1. The number of anilines is 1. The van der Waals surface area contributed by atoms with Crippen LogP contribution in [-0.2, 0) is 13.1 Å². The Kier molecular flexibility index (Phi) is 4.63. The molecule has 0 spiro atoms. The smallest absolute Gasteiger partial charge is 0.0575 e. The number of nitrogens with one attached hydrogen (secondary N) is 1. The zero-order valence-corrected chi connectivity index (χ0v) is 12.9. The van der Waals surface area contributed by atoms with Crippen molar-refractivity contribution in [3.63, 3.8) is 0 Å². The van der Waals surface area contributed by atoms with Crippen LogP contribution in [0.25, 0.3) is 0 Å². The van der Waals surface area contributed by atoms with Crippen molar-refractivity contribution in [1.29, 1.82) is 0 Å². The highest BCUT2D eigenvalue weighted by molar-refractivity contribution is 14.1. The minimum absolute atomic E-state index is 0.820. The summed E-state index contributed by atoms with van der Waals surface area (Å²) in [5.74, 6) is 0. The van der Waals surface area contributed by atoms with E-state index in [0.717, 1.165) is 19.5 Å². The first-order valence-electron chi connectivity index (χ1n) is 6.22. The number of hydrogen-bond donors (Lipinski definition) is 1. The summed E-state index contributed by atoms with van der Waals surface area (Å²) in [6, 6.07) is 8.41. The van der Waals surface area contributed by atoms with Crippen molar-refractivity contribution in [3.8, 4) is 0 Å². The fourth-order valence-electron chi connectivity index (χ4n) is 1.91. The average Bonchev–Trinajstić information content (AvgIpc) is 2.79. The first-order chi connectivity index (χ1) is 8.72. The van der Waals surface area contributed by atoms with E-state index in [1.54, 1.807) is 0 Å². The number of rotatable bonds is 5. The van der Waals surface area contributed by atoms with E-state index in [1.165, 1.54) is 20.5 Å². The van der Waals surface area contributed by atoms with Crippen LogP contribution in [0.5, 0.6) is 0 Å². The van der Waals surface area contributed by atoms with E-state index in [2.05, 4.69) is 75.8 Å². The van der Waals surface area contributed by atoms with Crippen LogP contribution in [0, 0.1) is 10.5 Å². The highest BCUT2D eigenvalue weighted by Crippen LogP contribution is 2.20. The summed E-state index contributed by atoms with van der Waals surface area (Å²) in [4.78, 5) is 0. The molecule has 18 heavy (non-hydrogen) atoms. The lowest BCUT2D eigenvalue weighted by atomic mass is 10.2. The molecule has 1 heterocycles. The maximum absolute atomic E-state index is 4.33. The first-order valence-corrected chi connectivity index (χ1v) is 7.30. The second-order valence-corrected chi connectivity index (χ2v) is 5.47. The van der Waals surface area contributed by atoms with Crippen LogP contribution in [0.4, 0.5) is 5.69 Å².